The van der Waals surface area contributed by atoms with E-state index in [4.69, 9.17) is 0 Å². The Morgan fingerprint density at radius 1 is 1.23 bits per heavy atom. The van der Waals surface area contributed by atoms with Crippen LogP contribution in [0.5, 0.6) is 0 Å². The summed E-state index contributed by atoms with van der Waals surface area (Å²) in [6.45, 7) is 5.93. The van der Waals surface area contributed by atoms with Crippen LogP contribution in [0.2, 0.25) is 0 Å². The predicted molar refractivity (Wildman–Crippen MR) is 119 cm³/mol. The van der Waals surface area contributed by atoms with E-state index in [-0.39, 0.29) is 42.2 Å². The minimum Gasteiger partial charge on any atom is -0.356 e. The molecule has 2 N–H and O–H groups in total. The normalized spacial score (nSPS) is 11.1. The van der Waals surface area contributed by atoms with Crippen molar-refractivity contribution >= 4 is 47.6 Å². The van der Waals surface area contributed by atoms with Crippen molar-refractivity contribution in [2.24, 2.45) is 10.9 Å². The number of amides is 1. The minimum atomic E-state index is -0.213. The van der Waals surface area contributed by atoms with Gasteiger partial charge in [0.15, 0.2) is 5.96 Å². The first kappa shape index (κ1) is 25.0. The fraction of sp³-hybridized carbons (Fsp3) is 0.556. The SMILES string of the molecule is CC(C)CNC(=NCC(=O)N(C)C)NCCCSc1ccc(F)cc1.I. The molecule has 0 aliphatic carbocycles. The van der Waals surface area contributed by atoms with Gasteiger partial charge < -0.3 is 15.5 Å². The first-order valence-electron chi connectivity index (χ1n) is 8.49. The van der Waals surface area contributed by atoms with Crippen molar-refractivity contribution in [2.45, 2.75) is 25.2 Å². The second kappa shape index (κ2) is 14.1. The molecule has 0 spiro atoms. The quantitative estimate of drug-likeness (QED) is 0.181. The Kier molecular flexibility index (Phi) is 13.5. The van der Waals surface area contributed by atoms with Crippen LogP contribution in [0.25, 0.3) is 0 Å². The van der Waals surface area contributed by atoms with Crippen molar-refractivity contribution in [1.82, 2.24) is 15.5 Å². The largest absolute Gasteiger partial charge is 0.356 e. The summed E-state index contributed by atoms with van der Waals surface area (Å²) in [5, 5.41) is 6.51. The van der Waals surface area contributed by atoms with Crippen LogP contribution in [0, 0.1) is 11.7 Å². The lowest BCUT2D eigenvalue weighted by Gasteiger charge is -2.15. The number of nitrogens with one attached hydrogen (secondary N) is 2. The van der Waals surface area contributed by atoms with Gasteiger partial charge in [-0.05, 0) is 42.4 Å². The molecule has 1 aromatic rings. The van der Waals surface area contributed by atoms with Crippen LogP contribution in [0.3, 0.4) is 0 Å². The minimum absolute atomic E-state index is 0. The number of nitrogens with zero attached hydrogens (tertiary/aromatic N) is 2. The number of hydrogen-bond acceptors (Lipinski definition) is 3. The summed E-state index contributed by atoms with van der Waals surface area (Å²) < 4.78 is 12.9. The van der Waals surface area contributed by atoms with Crippen LogP contribution >= 0.6 is 35.7 Å². The molecule has 0 unspecified atom stereocenters. The zero-order valence-electron chi connectivity index (χ0n) is 15.9. The predicted octanol–water partition coefficient (Wildman–Crippen LogP) is 3.21. The summed E-state index contributed by atoms with van der Waals surface area (Å²) in [5.41, 5.74) is 0. The first-order chi connectivity index (χ1) is 11.9. The average Bonchev–Trinajstić information content (AvgIpc) is 2.57. The van der Waals surface area contributed by atoms with Crippen LogP contribution in [-0.4, -0.2) is 56.2 Å². The maximum atomic E-state index is 12.9. The average molecular weight is 496 g/mol. The highest BCUT2D eigenvalue weighted by Crippen LogP contribution is 2.18. The highest BCUT2D eigenvalue weighted by molar-refractivity contribution is 14.0. The van der Waals surface area contributed by atoms with E-state index in [0.29, 0.717) is 11.9 Å². The molecule has 148 valence electrons. The van der Waals surface area contributed by atoms with Crippen LogP contribution in [0.4, 0.5) is 4.39 Å². The van der Waals surface area contributed by atoms with Gasteiger partial charge in [-0.25, -0.2) is 9.38 Å². The molecule has 0 saturated heterocycles. The number of guanidine groups is 1. The molecule has 0 heterocycles. The zero-order valence-corrected chi connectivity index (χ0v) is 19.1. The standard InChI is InChI=1S/C18H29FN4OS.HI/c1-14(2)12-21-18(22-13-17(24)23(3)4)20-10-5-11-25-16-8-6-15(19)7-9-16;/h6-9,14H,5,10-13H2,1-4H3,(H2,20,21,22);1H. The zero-order chi connectivity index (χ0) is 18.7. The van der Waals surface area contributed by atoms with E-state index in [1.165, 1.54) is 17.0 Å². The summed E-state index contributed by atoms with van der Waals surface area (Å²) in [7, 11) is 3.44. The third-order valence-corrected chi connectivity index (χ3v) is 4.34. The fourth-order valence-corrected chi connectivity index (χ4v) is 2.62. The smallest absolute Gasteiger partial charge is 0.243 e. The molecule has 1 rings (SSSR count). The van der Waals surface area contributed by atoms with E-state index in [1.807, 2.05) is 0 Å². The van der Waals surface area contributed by atoms with E-state index in [1.54, 1.807) is 38.0 Å². The van der Waals surface area contributed by atoms with Crippen LogP contribution in [-0.2, 0) is 4.79 Å². The van der Waals surface area contributed by atoms with Crippen molar-refractivity contribution in [1.29, 1.82) is 0 Å². The fourth-order valence-electron chi connectivity index (χ4n) is 1.76. The maximum absolute atomic E-state index is 12.9. The summed E-state index contributed by atoms with van der Waals surface area (Å²) in [6.07, 6.45) is 0.937. The molecule has 0 aromatic heterocycles. The van der Waals surface area contributed by atoms with Gasteiger partial charge in [-0.1, -0.05) is 13.8 Å². The van der Waals surface area contributed by atoms with Gasteiger partial charge in [0.05, 0.1) is 0 Å². The van der Waals surface area contributed by atoms with E-state index < -0.39 is 0 Å². The van der Waals surface area contributed by atoms with E-state index in [9.17, 15) is 9.18 Å². The van der Waals surface area contributed by atoms with Gasteiger partial charge in [-0.15, -0.1) is 35.7 Å². The number of carbonyl (C=O) groups excluding carboxylic acids is 1. The molecule has 0 radical (unpaired) electrons. The third-order valence-electron chi connectivity index (χ3n) is 3.24. The van der Waals surface area contributed by atoms with Gasteiger partial charge in [0.1, 0.15) is 12.4 Å². The Bertz CT molecular complexity index is 553. The van der Waals surface area contributed by atoms with Crippen LogP contribution in [0.15, 0.2) is 34.2 Å². The molecular weight excluding hydrogens is 466 g/mol. The van der Waals surface area contributed by atoms with Crippen LogP contribution < -0.4 is 10.6 Å². The van der Waals surface area contributed by atoms with Crippen molar-refractivity contribution in [3.63, 3.8) is 0 Å². The molecule has 0 bridgehead atoms. The molecule has 0 saturated carbocycles. The monoisotopic (exact) mass is 496 g/mol. The van der Waals surface area contributed by atoms with Gasteiger partial charge in [-0.3, -0.25) is 4.79 Å². The number of aliphatic imine (C=N–C) groups is 1. The summed E-state index contributed by atoms with van der Waals surface area (Å²) >= 11 is 1.69. The second-order valence-electron chi connectivity index (χ2n) is 6.31. The van der Waals surface area contributed by atoms with Crippen LogP contribution in [0.1, 0.15) is 20.3 Å². The van der Waals surface area contributed by atoms with Crippen molar-refractivity contribution in [3.05, 3.63) is 30.1 Å². The Morgan fingerprint density at radius 3 is 2.46 bits per heavy atom. The molecule has 1 amide bonds. The third kappa shape index (κ3) is 11.6. The van der Waals surface area contributed by atoms with Gasteiger partial charge in [0.25, 0.3) is 0 Å². The number of benzene rings is 1. The highest BCUT2D eigenvalue weighted by Gasteiger charge is 2.05. The van der Waals surface area contributed by atoms with Crippen molar-refractivity contribution in [3.8, 4) is 0 Å². The Morgan fingerprint density at radius 2 is 1.88 bits per heavy atom. The van der Waals surface area contributed by atoms with Crippen molar-refractivity contribution < 1.29 is 9.18 Å². The topological polar surface area (TPSA) is 56.7 Å². The second-order valence-corrected chi connectivity index (χ2v) is 7.48. The molecular formula is C18H30FIN4OS. The molecule has 5 nitrogen and oxygen atoms in total. The molecule has 0 aliphatic heterocycles. The van der Waals surface area contributed by atoms with Gasteiger partial charge in [0, 0.05) is 32.1 Å². The highest BCUT2D eigenvalue weighted by atomic mass is 127. The Hall–Kier alpha value is -1.03. The Balaban J connectivity index is 0.00000625. The van der Waals surface area contributed by atoms with Crippen molar-refractivity contribution in [2.75, 3.05) is 39.5 Å². The summed E-state index contributed by atoms with van der Waals surface area (Å²) in [4.78, 5) is 18.6. The molecule has 0 fully saturated rings. The van der Waals surface area contributed by atoms with Gasteiger partial charge >= 0.3 is 0 Å². The lowest BCUT2D eigenvalue weighted by Crippen LogP contribution is -2.40. The number of rotatable bonds is 9. The van der Waals surface area contributed by atoms with Gasteiger partial charge in [-0.2, -0.15) is 0 Å². The Labute approximate surface area is 177 Å². The van der Waals surface area contributed by atoms with E-state index in [0.717, 1.165) is 30.2 Å². The van der Waals surface area contributed by atoms with Gasteiger partial charge in [0.2, 0.25) is 5.91 Å². The number of halogens is 2. The van der Waals surface area contributed by atoms with E-state index in [2.05, 4.69) is 29.5 Å². The molecule has 0 atom stereocenters. The lowest BCUT2D eigenvalue weighted by atomic mass is 10.2. The molecule has 0 aliphatic rings. The molecule has 1 aromatic carbocycles. The summed E-state index contributed by atoms with van der Waals surface area (Å²) in [5.74, 6) is 1.83. The maximum Gasteiger partial charge on any atom is 0.243 e. The molecule has 26 heavy (non-hydrogen) atoms. The number of hydrogen-bond donors (Lipinski definition) is 2. The summed E-state index contributed by atoms with van der Waals surface area (Å²) in [6, 6.07) is 6.53. The number of likely N-dealkylation sites (N-methyl/N-ethyl adjacent to an activating group) is 1. The number of carbonyl (C=O) groups is 1. The lowest BCUT2D eigenvalue weighted by molar-refractivity contribution is -0.127. The first-order valence-corrected chi connectivity index (χ1v) is 9.47. The number of thioether (sulfide) groups is 1. The van der Waals surface area contributed by atoms with E-state index >= 15 is 0 Å². The molecule has 8 heteroatoms.